The van der Waals surface area contributed by atoms with Gasteiger partial charge in [-0.3, -0.25) is 4.79 Å². The van der Waals surface area contributed by atoms with Crippen molar-refractivity contribution in [2.75, 3.05) is 38.6 Å². The van der Waals surface area contributed by atoms with E-state index in [4.69, 9.17) is 14.2 Å². The summed E-state index contributed by atoms with van der Waals surface area (Å²) in [6.07, 6.45) is -0.107. The molecule has 27 heavy (non-hydrogen) atoms. The highest BCUT2D eigenvalue weighted by Crippen LogP contribution is 2.30. The molecule has 9 heteroatoms. The Balaban J connectivity index is 1.48. The number of benzene rings is 1. The van der Waals surface area contributed by atoms with Crippen LogP contribution in [0.5, 0.6) is 11.5 Å². The number of sulfonamides is 1. The fourth-order valence-electron chi connectivity index (χ4n) is 3.25. The van der Waals surface area contributed by atoms with Gasteiger partial charge in [-0.05, 0) is 31.5 Å². The minimum absolute atomic E-state index is 0.0752. The van der Waals surface area contributed by atoms with Gasteiger partial charge < -0.3 is 19.5 Å². The first-order chi connectivity index (χ1) is 12.8. The zero-order valence-corrected chi connectivity index (χ0v) is 16.5. The van der Waals surface area contributed by atoms with Crippen molar-refractivity contribution in [3.63, 3.8) is 0 Å². The van der Waals surface area contributed by atoms with Gasteiger partial charge in [0.15, 0.2) is 11.5 Å². The number of fused-ring (bicyclic) bond motifs is 1. The van der Waals surface area contributed by atoms with Crippen molar-refractivity contribution in [3.8, 4) is 11.5 Å². The third-order valence-electron chi connectivity index (χ3n) is 4.43. The molecule has 2 unspecified atom stereocenters. The summed E-state index contributed by atoms with van der Waals surface area (Å²) in [6.45, 7) is 5.48. The molecule has 1 aromatic carbocycles. The molecule has 2 atom stereocenters. The topological polar surface area (TPSA) is 94.2 Å². The highest BCUT2D eigenvalue weighted by atomic mass is 32.2. The SMILES string of the molecule is CC1CN(S(=O)(=O)CCNC(=O)Cc2ccc3c(c2)OCCO3)CC(C)O1. The van der Waals surface area contributed by atoms with E-state index in [9.17, 15) is 13.2 Å². The molecule has 8 nitrogen and oxygen atoms in total. The first-order valence-electron chi connectivity index (χ1n) is 9.12. The maximum Gasteiger partial charge on any atom is 0.224 e. The van der Waals surface area contributed by atoms with Crippen molar-refractivity contribution in [3.05, 3.63) is 23.8 Å². The van der Waals surface area contributed by atoms with Crippen LogP contribution in [0.25, 0.3) is 0 Å². The molecule has 1 aromatic rings. The Morgan fingerprint density at radius 2 is 1.81 bits per heavy atom. The van der Waals surface area contributed by atoms with Crippen LogP contribution in [0.2, 0.25) is 0 Å². The van der Waals surface area contributed by atoms with Gasteiger partial charge in [0.05, 0.1) is 24.4 Å². The molecule has 0 bridgehead atoms. The van der Waals surface area contributed by atoms with Gasteiger partial charge in [0.25, 0.3) is 0 Å². The lowest BCUT2D eigenvalue weighted by molar-refractivity contribution is -0.120. The number of carbonyl (C=O) groups is 1. The molecule has 2 aliphatic rings. The molecule has 1 amide bonds. The molecule has 1 fully saturated rings. The number of amides is 1. The van der Waals surface area contributed by atoms with E-state index in [1.165, 1.54) is 4.31 Å². The summed E-state index contributed by atoms with van der Waals surface area (Å²) < 4.78 is 42.9. The quantitative estimate of drug-likeness (QED) is 0.752. The van der Waals surface area contributed by atoms with E-state index < -0.39 is 10.0 Å². The number of rotatable bonds is 6. The second-order valence-electron chi connectivity index (χ2n) is 6.90. The van der Waals surface area contributed by atoms with Crippen LogP contribution in [-0.2, 0) is 26.0 Å². The summed E-state index contributed by atoms with van der Waals surface area (Å²) in [5.41, 5.74) is 0.787. The van der Waals surface area contributed by atoms with E-state index in [0.717, 1.165) is 5.56 Å². The fourth-order valence-corrected chi connectivity index (χ4v) is 4.74. The van der Waals surface area contributed by atoms with E-state index >= 15 is 0 Å². The lowest BCUT2D eigenvalue weighted by atomic mass is 10.1. The van der Waals surface area contributed by atoms with Crippen LogP contribution >= 0.6 is 0 Å². The molecule has 0 radical (unpaired) electrons. The average Bonchev–Trinajstić information content (AvgIpc) is 2.60. The molecule has 1 N–H and O–H groups in total. The van der Waals surface area contributed by atoms with Gasteiger partial charge in [0.2, 0.25) is 15.9 Å². The summed E-state index contributed by atoms with van der Waals surface area (Å²) in [5.74, 6) is 0.944. The lowest BCUT2D eigenvalue weighted by Crippen LogP contribution is -2.49. The number of hydrogen-bond donors (Lipinski definition) is 1. The van der Waals surface area contributed by atoms with Gasteiger partial charge in [-0.25, -0.2) is 8.42 Å². The summed E-state index contributed by atoms with van der Waals surface area (Å²) in [5, 5.41) is 2.68. The molecule has 0 spiro atoms. The van der Waals surface area contributed by atoms with Crippen molar-refractivity contribution >= 4 is 15.9 Å². The van der Waals surface area contributed by atoms with Crippen molar-refractivity contribution < 1.29 is 27.4 Å². The number of ether oxygens (including phenoxy) is 3. The monoisotopic (exact) mass is 398 g/mol. The Morgan fingerprint density at radius 3 is 2.52 bits per heavy atom. The number of nitrogens with zero attached hydrogens (tertiary/aromatic N) is 1. The van der Waals surface area contributed by atoms with E-state index in [-0.39, 0.29) is 36.8 Å². The van der Waals surface area contributed by atoms with Gasteiger partial charge >= 0.3 is 0 Å². The minimum Gasteiger partial charge on any atom is -0.486 e. The molecular weight excluding hydrogens is 372 g/mol. The van der Waals surface area contributed by atoms with Crippen LogP contribution < -0.4 is 14.8 Å². The van der Waals surface area contributed by atoms with Gasteiger partial charge in [0.1, 0.15) is 13.2 Å². The normalized spacial score (nSPS) is 23.0. The van der Waals surface area contributed by atoms with Gasteiger partial charge in [0, 0.05) is 19.6 Å². The zero-order valence-electron chi connectivity index (χ0n) is 15.6. The molecular formula is C18H26N2O6S. The Morgan fingerprint density at radius 1 is 1.15 bits per heavy atom. The standard InChI is InChI=1S/C18H26N2O6S/c1-13-11-20(12-14(2)26-13)27(22,23)8-5-19-18(21)10-15-3-4-16-17(9-15)25-7-6-24-16/h3-4,9,13-14H,5-8,10-12H2,1-2H3,(H,19,21). The Kier molecular flexibility index (Phi) is 6.23. The van der Waals surface area contributed by atoms with Crippen molar-refractivity contribution in [2.45, 2.75) is 32.5 Å². The third kappa shape index (κ3) is 5.33. The van der Waals surface area contributed by atoms with E-state index in [1.54, 1.807) is 18.2 Å². The smallest absolute Gasteiger partial charge is 0.224 e. The molecule has 2 aliphatic heterocycles. The zero-order chi connectivity index (χ0) is 19.4. The third-order valence-corrected chi connectivity index (χ3v) is 6.24. The largest absolute Gasteiger partial charge is 0.486 e. The number of hydrogen-bond acceptors (Lipinski definition) is 6. The van der Waals surface area contributed by atoms with E-state index in [0.29, 0.717) is 37.8 Å². The Hall–Kier alpha value is -1.84. The maximum atomic E-state index is 12.5. The van der Waals surface area contributed by atoms with E-state index in [1.807, 2.05) is 13.8 Å². The Labute approximate surface area is 159 Å². The average molecular weight is 398 g/mol. The van der Waals surface area contributed by atoms with Gasteiger partial charge in [-0.15, -0.1) is 0 Å². The summed E-state index contributed by atoms with van der Waals surface area (Å²) in [4.78, 5) is 12.1. The van der Waals surface area contributed by atoms with Crippen LogP contribution in [0, 0.1) is 0 Å². The van der Waals surface area contributed by atoms with Crippen LogP contribution in [-0.4, -0.2) is 69.4 Å². The summed E-state index contributed by atoms with van der Waals surface area (Å²) in [7, 11) is -3.43. The second kappa shape index (κ2) is 8.45. The predicted octanol–water partition coefficient (Wildman–Crippen LogP) is 0.556. The van der Waals surface area contributed by atoms with Crippen molar-refractivity contribution in [2.24, 2.45) is 0 Å². The van der Waals surface area contributed by atoms with Crippen molar-refractivity contribution in [1.29, 1.82) is 0 Å². The van der Waals surface area contributed by atoms with Crippen LogP contribution in [0.15, 0.2) is 18.2 Å². The predicted molar refractivity (Wildman–Crippen MR) is 99.5 cm³/mol. The maximum absolute atomic E-state index is 12.5. The molecule has 0 aromatic heterocycles. The number of morpholine rings is 1. The second-order valence-corrected chi connectivity index (χ2v) is 8.98. The van der Waals surface area contributed by atoms with Crippen molar-refractivity contribution in [1.82, 2.24) is 9.62 Å². The number of nitrogens with one attached hydrogen (secondary N) is 1. The lowest BCUT2D eigenvalue weighted by Gasteiger charge is -2.34. The number of carbonyl (C=O) groups excluding carboxylic acids is 1. The van der Waals surface area contributed by atoms with Crippen LogP contribution in [0.3, 0.4) is 0 Å². The highest BCUT2D eigenvalue weighted by molar-refractivity contribution is 7.89. The molecule has 1 saturated heterocycles. The highest BCUT2D eigenvalue weighted by Gasteiger charge is 2.30. The molecule has 0 aliphatic carbocycles. The molecule has 150 valence electrons. The van der Waals surface area contributed by atoms with Crippen LogP contribution in [0.4, 0.5) is 0 Å². The first kappa shape index (κ1) is 19.9. The summed E-state index contributed by atoms with van der Waals surface area (Å²) in [6, 6.07) is 5.37. The summed E-state index contributed by atoms with van der Waals surface area (Å²) >= 11 is 0. The minimum atomic E-state index is -3.43. The van der Waals surface area contributed by atoms with Crippen LogP contribution in [0.1, 0.15) is 19.4 Å². The van der Waals surface area contributed by atoms with Gasteiger partial charge in [-0.2, -0.15) is 4.31 Å². The first-order valence-corrected chi connectivity index (χ1v) is 10.7. The Bertz CT molecular complexity index is 772. The molecule has 3 rings (SSSR count). The van der Waals surface area contributed by atoms with E-state index in [2.05, 4.69) is 5.32 Å². The fraction of sp³-hybridized carbons (Fsp3) is 0.611. The molecule has 0 saturated carbocycles. The van der Waals surface area contributed by atoms with Gasteiger partial charge in [-0.1, -0.05) is 6.07 Å². The molecule has 2 heterocycles.